The van der Waals surface area contributed by atoms with Crippen LogP contribution in [-0.4, -0.2) is 9.97 Å². The summed E-state index contributed by atoms with van der Waals surface area (Å²) in [5.74, 6) is 1.53. The summed E-state index contributed by atoms with van der Waals surface area (Å²) in [5.41, 5.74) is 6.22. The van der Waals surface area contributed by atoms with Crippen molar-refractivity contribution in [3.8, 4) is 11.3 Å². The molecule has 0 bridgehead atoms. The van der Waals surface area contributed by atoms with Crippen molar-refractivity contribution in [2.45, 2.75) is 52.4 Å². The van der Waals surface area contributed by atoms with E-state index in [2.05, 4.69) is 105 Å². The standard InChI is InChI=1S/C25H30N2/c1-6-18(2)24-26-17-23(27-24)21-13-9-19(10-14-21)7-8-20-11-15-22(16-12-20)25(3,4)5/h7-18H,6H2,1-5H3,(H,26,27)/b8-7+. The van der Waals surface area contributed by atoms with Crippen LogP contribution in [0.15, 0.2) is 54.7 Å². The predicted molar refractivity (Wildman–Crippen MR) is 117 cm³/mol. The Hall–Kier alpha value is -2.61. The molecule has 3 aromatic rings. The largest absolute Gasteiger partial charge is 0.342 e. The lowest BCUT2D eigenvalue weighted by atomic mass is 9.87. The molecule has 0 radical (unpaired) electrons. The predicted octanol–water partition coefficient (Wildman–Crippen LogP) is 7.06. The fourth-order valence-corrected chi connectivity index (χ4v) is 2.99. The van der Waals surface area contributed by atoms with Crippen molar-refractivity contribution in [1.29, 1.82) is 0 Å². The van der Waals surface area contributed by atoms with Crippen molar-refractivity contribution in [2.24, 2.45) is 0 Å². The number of nitrogens with one attached hydrogen (secondary N) is 1. The number of imidazole rings is 1. The van der Waals surface area contributed by atoms with Crippen LogP contribution < -0.4 is 0 Å². The minimum absolute atomic E-state index is 0.194. The quantitative estimate of drug-likeness (QED) is 0.486. The number of aromatic nitrogens is 2. The first-order valence-electron chi connectivity index (χ1n) is 9.81. The van der Waals surface area contributed by atoms with E-state index >= 15 is 0 Å². The third kappa shape index (κ3) is 4.77. The van der Waals surface area contributed by atoms with Crippen LogP contribution in [0.25, 0.3) is 23.4 Å². The van der Waals surface area contributed by atoms with E-state index in [-0.39, 0.29) is 5.41 Å². The second kappa shape index (κ2) is 7.96. The number of hydrogen-bond donors (Lipinski definition) is 1. The normalized spacial score (nSPS) is 13.2. The number of hydrogen-bond acceptors (Lipinski definition) is 1. The van der Waals surface area contributed by atoms with Gasteiger partial charge < -0.3 is 4.98 Å². The summed E-state index contributed by atoms with van der Waals surface area (Å²) in [4.78, 5) is 7.96. The van der Waals surface area contributed by atoms with Crippen LogP contribution in [0.5, 0.6) is 0 Å². The van der Waals surface area contributed by atoms with Gasteiger partial charge in [0.2, 0.25) is 0 Å². The maximum atomic E-state index is 4.52. The van der Waals surface area contributed by atoms with Gasteiger partial charge in [0, 0.05) is 5.92 Å². The zero-order chi connectivity index (χ0) is 19.4. The third-order valence-corrected chi connectivity index (χ3v) is 5.14. The Morgan fingerprint density at radius 1 is 0.926 bits per heavy atom. The highest BCUT2D eigenvalue weighted by atomic mass is 14.9. The molecule has 0 aliphatic carbocycles. The van der Waals surface area contributed by atoms with Gasteiger partial charge >= 0.3 is 0 Å². The van der Waals surface area contributed by atoms with Crippen molar-refractivity contribution in [3.63, 3.8) is 0 Å². The summed E-state index contributed by atoms with van der Waals surface area (Å²) in [7, 11) is 0. The Morgan fingerprint density at radius 2 is 1.48 bits per heavy atom. The Morgan fingerprint density at radius 3 is 2.00 bits per heavy atom. The van der Waals surface area contributed by atoms with Crippen molar-refractivity contribution >= 4 is 12.2 Å². The number of H-pyrrole nitrogens is 1. The van der Waals surface area contributed by atoms with Gasteiger partial charge in [-0.3, -0.25) is 0 Å². The molecule has 0 aliphatic rings. The highest BCUT2D eigenvalue weighted by Gasteiger charge is 2.12. The highest BCUT2D eigenvalue weighted by molar-refractivity contribution is 5.71. The Kier molecular flexibility index (Phi) is 5.65. The Balaban J connectivity index is 1.70. The van der Waals surface area contributed by atoms with E-state index in [1.54, 1.807) is 0 Å². The molecule has 1 N–H and O–H groups in total. The Labute approximate surface area is 163 Å². The molecule has 0 spiro atoms. The molecule has 0 aliphatic heterocycles. The fraction of sp³-hybridized carbons (Fsp3) is 0.320. The molecule has 1 heterocycles. The van der Waals surface area contributed by atoms with Crippen LogP contribution in [-0.2, 0) is 5.41 Å². The summed E-state index contributed by atoms with van der Waals surface area (Å²) in [6.07, 6.45) is 7.35. The van der Waals surface area contributed by atoms with E-state index in [0.717, 1.165) is 17.9 Å². The lowest BCUT2D eigenvalue weighted by Gasteiger charge is -2.18. The SMILES string of the molecule is CCC(C)c1ncc(-c2ccc(/C=C/c3ccc(C(C)(C)C)cc3)cc2)[nH]1. The molecule has 27 heavy (non-hydrogen) atoms. The van der Waals surface area contributed by atoms with Crippen LogP contribution in [0.4, 0.5) is 0 Å². The molecule has 0 fully saturated rings. The maximum Gasteiger partial charge on any atom is 0.109 e. The molecule has 140 valence electrons. The van der Waals surface area contributed by atoms with E-state index in [1.165, 1.54) is 22.3 Å². The minimum Gasteiger partial charge on any atom is -0.342 e. The van der Waals surface area contributed by atoms with Gasteiger partial charge in [-0.2, -0.15) is 0 Å². The van der Waals surface area contributed by atoms with E-state index < -0.39 is 0 Å². The lowest BCUT2D eigenvalue weighted by molar-refractivity contribution is 0.590. The van der Waals surface area contributed by atoms with Gasteiger partial charge in [-0.25, -0.2) is 4.98 Å². The number of rotatable bonds is 5. The molecule has 0 saturated carbocycles. The van der Waals surface area contributed by atoms with Crippen LogP contribution in [0, 0.1) is 0 Å². The molecule has 1 unspecified atom stereocenters. The van der Waals surface area contributed by atoms with E-state index in [4.69, 9.17) is 0 Å². The molecule has 0 amide bonds. The van der Waals surface area contributed by atoms with Crippen molar-refractivity contribution in [1.82, 2.24) is 9.97 Å². The summed E-state index contributed by atoms with van der Waals surface area (Å²) in [5, 5.41) is 0. The first kappa shape index (κ1) is 19.2. The summed E-state index contributed by atoms with van der Waals surface area (Å²) < 4.78 is 0. The van der Waals surface area contributed by atoms with Gasteiger partial charge in [0.1, 0.15) is 5.82 Å². The van der Waals surface area contributed by atoms with Crippen LogP contribution in [0.2, 0.25) is 0 Å². The molecule has 1 atom stereocenters. The zero-order valence-corrected chi connectivity index (χ0v) is 17.1. The first-order valence-corrected chi connectivity index (χ1v) is 9.81. The molecule has 0 saturated heterocycles. The number of aromatic amines is 1. The van der Waals surface area contributed by atoms with Gasteiger partial charge in [0.05, 0.1) is 11.9 Å². The van der Waals surface area contributed by atoms with Crippen LogP contribution in [0.1, 0.15) is 69.5 Å². The van der Waals surface area contributed by atoms with Gasteiger partial charge in [0.25, 0.3) is 0 Å². The molecule has 2 heteroatoms. The van der Waals surface area contributed by atoms with Gasteiger partial charge in [0.15, 0.2) is 0 Å². The van der Waals surface area contributed by atoms with Gasteiger partial charge in [-0.15, -0.1) is 0 Å². The monoisotopic (exact) mass is 358 g/mol. The van der Waals surface area contributed by atoms with E-state index in [0.29, 0.717) is 5.92 Å². The van der Waals surface area contributed by atoms with Gasteiger partial charge in [-0.05, 0) is 34.1 Å². The number of nitrogens with zero attached hydrogens (tertiary/aromatic N) is 1. The van der Waals surface area contributed by atoms with E-state index in [1.807, 2.05) is 6.20 Å². The second-order valence-electron chi connectivity index (χ2n) is 8.32. The van der Waals surface area contributed by atoms with E-state index in [9.17, 15) is 0 Å². The Bertz CT molecular complexity index is 891. The van der Waals surface area contributed by atoms with Crippen molar-refractivity contribution in [2.75, 3.05) is 0 Å². The molecule has 2 nitrogen and oxygen atoms in total. The topological polar surface area (TPSA) is 28.7 Å². The molecule has 3 rings (SSSR count). The zero-order valence-electron chi connectivity index (χ0n) is 17.1. The summed E-state index contributed by atoms with van der Waals surface area (Å²) in [6, 6.07) is 17.4. The first-order chi connectivity index (χ1) is 12.9. The molecule has 1 aromatic heterocycles. The average molecular weight is 359 g/mol. The van der Waals surface area contributed by atoms with Gasteiger partial charge in [-0.1, -0.05) is 95.3 Å². The third-order valence-electron chi connectivity index (χ3n) is 5.14. The van der Waals surface area contributed by atoms with Crippen LogP contribution >= 0.6 is 0 Å². The molecular weight excluding hydrogens is 328 g/mol. The smallest absolute Gasteiger partial charge is 0.109 e. The molecular formula is C25H30N2. The highest BCUT2D eigenvalue weighted by Crippen LogP contribution is 2.24. The lowest BCUT2D eigenvalue weighted by Crippen LogP contribution is -2.10. The van der Waals surface area contributed by atoms with Crippen LogP contribution in [0.3, 0.4) is 0 Å². The summed E-state index contributed by atoms with van der Waals surface area (Å²) in [6.45, 7) is 11.1. The second-order valence-corrected chi connectivity index (χ2v) is 8.32. The molecule has 2 aromatic carbocycles. The number of benzene rings is 2. The average Bonchev–Trinajstić information content (AvgIpc) is 3.16. The minimum atomic E-state index is 0.194. The maximum absolute atomic E-state index is 4.52. The fourth-order valence-electron chi connectivity index (χ4n) is 2.99. The van der Waals surface area contributed by atoms with Crippen molar-refractivity contribution in [3.05, 3.63) is 77.2 Å². The summed E-state index contributed by atoms with van der Waals surface area (Å²) >= 11 is 0. The van der Waals surface area contributed by atoms with Crippen molar-refractivity contribution < 1.29 is 0 Å².